The number of ether oxygens (including phenoxy) is 1. The number of nitrogens with zero attached hydrogens (tertiary/aromatic N) is 2. The molecule has 2 heterocycles. The van der Waals surface area contributed by atoms with Crippen molar-refractivity contribution in [3.05, 3.63) is 87.4 Å². The number of hydrogen-bond acceptors (Lipinski definition) is 5. The van der Waals surface area contributed by atoms with E-state index in [-0.39, 0.29) is 23.3 Å². The molecular weight excluding hydrogens is 415 g/mol. The predicted molar refractivity (Wildman–Crippen MR) is 118 cm³/mol. The molecule has 0 radical (unpaired) electrons. The van der Waals surface area contributed by atoms with Crippen molar-refractivity contribution in [2.24, 2.45) is 0 Å². The fraction of sp³-hybridized carbons (Fsp3) is 0.250. The highest BCUT2D eigenvalue weighted by atomic mass is 32.1. The lowest BCUT2D eigenvalue weighted by Crippen LogP contribution is -2.48. The quantitative estimate of drug-likeness (QED) is 0.544. The normalized spacial score (nSPS) is 14.5. The van der Waals surface area contributed by atoms with Crippen molar-refractivity contribution in [3.8, 4) is 5.75 Å². The Bertz CT molecular complexity index is 1080. The van der Waals surface area contributed by atoms with E-state index in [0.29, 0.717) is 48.7 Å². The van der Waals surface area contributed by atoms with E-state index >= 15 is 0 Å². The van der Waals surface area contributed by atoms with Gasteiger partial charge in [-0.05, 0) is 35.2 Å². The van der Waals surface area contributed by atoms with Gasteiger partial charge in [0.1, 0.15) is 0 Å². The lowest BCUT2D eigenvalue weighted by molar-refractivity contribution is 0.0625. The van der Waals surface area contributed by atoms with Crippen molar-refractivity contribution in [1.82, 2.24) is 9.80 Å². The molecule has 0 unspecified atom stereocenters. The molecule has 1 amide bonds. The van der Waals surface area contributed by atoms with Crippen LogP contribution < -0.4 is 4.74 Å². The zero-order valence-corrected chi connectivity index (χ0v) is 18.0. The zero-order chi connectivity index (χ0) is 21.8. The van der Waals surface area contributed by atoms with E-state index in [2.05, 4.69) is 4.90 Å². The molecular formula is C24H23FN2O3S. The molecule has 1 aromatic heterocycles. The van der Waals surface area contributed by atoms with Gasteiger partial charge in [0.25, 0.3) is 5.91 Å². The largest absolute Gasteiger partial charge is 0.494 e. The van der Waals surface area contributed by atoms with Crippen LogP contribution in [0.2, 0.25) is 0 Å². The van der Waals surface area contributed by atoms with Gasteiger partial charge < -0.3 is 9.64 Å². The summed E-state index contributed by atoms with van der Waals surface area (Å²) in [6.07, 6.45) is 0. The number of methoxy groups -OCH3 is 1. The highest BCUT2D eigenvalue weighted by molar-refractivity contribution is 7.12. The molecule has 0 aliphatic carbocycles. The number of carbonyl (C=O) groups is 2. The van der Waals surface area contributed by atoms with Gasteiger partial charge in [0.15, 0.2) is 11.6 Å². The van der Waals surface area contributed by atoms with Crippen LogP contribution in [0, 0.1) is 5.82 Å². The van der Waals surface area contributed by atoms with Crippen molar-refractivity contribution in [3.63, 3.8) is 0 Å². The maximum atomic E-state index is 13.9. The number of benzene rings is 2. The Morgan fingerprint density at radius 3 is 2.39 bits per heavy atom. The summed E-state index contributed by atoms with van der Waals surface area (Å²) in [5.74, 6) is -0.398. The first-order valence-electron chi connectivity index (χ1n) is 10.1. The van der Waals surface area contributed by atoms with E-state index in [4.69, 9.17) is 4.74 Å². The van der Waals surface area contributed by atoms with Gasteiger partial charge in [-0.2, -0.15) is 0 Å². The van der Waals surface area contributed by atoms with Crippen molar-refractivity contribution in [1.29, 1.82) is 0 Å². The van der Waals surface area contributed by atoms with Crippen LogP contribution in [0.15, 0.2) is 60.0 Å². The Balaban J connectivity index is 1.41. The van der Waals surface area contributed by atoms with Gasteiger partial charge in [-0.3, -0.25) is 14.5 Å². The Morgan fingerprint density at radius 2 is 1.74 bits per heavy atom. The van der Waals surface area contributed by atoms with E-state index in [0.717, 1.165) is 5.56 Å². The van der Waals surface area contributed by atoms with Crippen LogP contribution in [0.5, 0.6) is 5.75 Å². The fourth-order valence-electron chi connectivity index (χ4n) is 3.75. The van der Waals surface area contributed by atoms with E-state index in [9.17, 15) is 14.0 Å². The average Bonchev–Trinajstić information content (AvgIpc) is 3.34. The number of piperazine rings is 1. The maximum Gasteiger partial charge on any atom is 0.254 e. The topological polar surface area (TPSA) is 49.9 Å². The lowest BCUT2D eigenvalue weighted by Gasteiger charge is -2.35. The van der Waals surface area contributed by atoms with Gasteiger partial charge in [0, 0.05) is 38.3 Å². The number of rotatable bonds is 6. The maximum absolute atomic E-state index is 13.9. The molecule has 0 N–H and O–H groups in total. The molecule has 1 aliphatic heterocycles. The summed E-state index contributed by atoms with van der Waals surface area (Å²) < 4.78 is 18.9. The number of ketones is 1. The third kappa shape index (κ3) is 4.68. The highest BCUT2D eigenvalue weighted by Gasteiger charge is 2.26. The van der Waals surface area contributed by atoms with E-state index in [1.54, 1.807) is 41.3 Å². The fourth-order valence-corrected chi connectivity index (χ4v) is 4.43. The second-order valence-corrected chi connectivity index (χ2v) is 8.34. The summed E-state index contributed by atoms with van der Waals surface area (Å²) in [7, 11) is 1.44. The summed E-state index contributed by atoms with van der Waals surface area (Å²) in [4.78, 5) is 30.6. The van der Waals surface area contributed by atoms with Crippen LogP contribution in [0.25, 0.3) is 0 Å². The summed E-state index contributed by atoms with van der Waals surface area (Å²) >= 11 is 1.37. The molecule has 0 spiro atoms. The molecule has 0 atom stereocenters. The first-order chi connectivity index (χ1) is 15.1. The van der Waals surface area contributed by atoms with Crippen LogP contribution >= 0.6 is 11.3 Å². The first-order valence-corrected chi connectivity index (χ1v) is 11.0. The standard InChI is InChI=1S/C24H23FN2O3S/c1-30-21-9-8-17(15-20(21)25)16-26-10-12-27(13-11-26)24(29)19-6-3-2-5-18(19)23(28)22-7-4-14-31-22/h2-9,14-15H,10-13,16H2,1H3. The number of hydrogen-bond donors (Lipinski definition) is 0. The van der Waals surface area contributed by atoms with Crippen molar-refractivity contribution in [2.45, 2.75) is 6.54 Å². The Hall–Kier alpha value is -3.03. The molecule has 160 valence electrons. The van der Waals surface area contributed by atoms with Crippen LogP contribution in [0.4, 0.5) is 4.39 Å². The predicted octanol–water partition coefficient (Wildman–Crippen LogP) is 4.08. The van der Waals surface area contributed by atoms with Crippen LogP contribution in [0.3, 0.4) is 0 Å². The number of halogens is 1. The van der Waals surface area contributed by atoms with E-state index < -0.39 is 0 Å². The number of amides is 1. The second kappa shape index (κ2) is 9.41. The molecule has 7 heteroatoms. The smallest absolute Gasteiger partial charge is 0.254 e. The van der Waals surface area contributed by atoms with Crippen LogP contribution in [0.1, 0.15) is 31.2 Å². The van der Waals surface area contributed by atoms with E-state index in [1.807, 2.05) is 17.5 Å². The summed E-state index contributed by atoms with van der Waals surface area (Å²) in [6, 6.07) is 15.6. The SMILES string of the molecule is COc1ccc(CN2CCN(C(=O)c3ccccc3C(=O)c3cccs3)CC2)cc1F. The van der Waals surface area contributed by atoms with Gasteiger partial charge >= 0.3 is 0 Å². The second-order valence-electron chi connectivity index (χ2n) is 7.39. The average molecular weight is 439 g/mol. The van der Waals surface area contributed by atoms with Gasteiger partial charge in [0.2, 0.25) is 5.78 Å². The molecule has 3 aromatic rings. The minimum Gasteiger partial charge on any atom is -0.494 e. The van der Waals surface area contributed by atoms with Crippen molar-refractivity contribution in [2.75, 3.05) is 33.3 Å². The molecule has 5 nitrogen and oxygen atoms in total. The van der Waals surface area contributed by atoms with Gasteiger partial charge in [0.05, 0.1) is 17.6 Å². The molecule has 2 aromatic carbocycles. The molecule has 31 heavy (non-hydrogen) atoms. The minimum atomic E-state index is -0.374. The Kier molecular flexibility index (Phi) is 6.44. The van der Waals surface area contributed by atoms with Gasteiger partial charge in [-0.25, -0.2) is 4.39 Å². The van der Waals surface area contributed by atoms with Gasteiger partial charge in [-0.15, -0.1) is 11.3 Å². The van der Waals surface area contributed by atoms with Crippen molar-refractivity contribution < 1.29 is 18.7 Å². The highest BCUT2D eigenvalue weighted by Crippen LogP contribution is 2.22. The van der Waals surface area contributed by atoms with Crippen molar-refractivity contribution >= 4 is 23.0 Å². The third-order valence-electron chi connectivity index (χ3n) is 5.43. The molecule has 0 bridgehead atoms. The molecule has 1 saturated heterocycles. The minimum absolute atomic E-state index is 0.126. The summed E-state index contributed by atoms with van der Waals surface area (Å²) in [6.45, 7) is 3.08. The lowest BCUT2D eigenvalue weighted by atomic mass is 10.0. The van der Waals surface area contributed by atoms with Crippen LogP contribution in [-0.2, 0) is 6.54 Å². The third-order valence-corrected chi connectivity index (χ3v) is 6.30. The van der Waals surface area contributed by atoms with E-state index in [1.165, 1.54) is 24.5 Å². The Labute approximate surface area is 184 Å². The van der Waals surface area contributed by atoms with Crippen LogP contribution in [-0.4, -0.2) is 54.8 Å². The summed E-state index contributed by atoms with van der Waals surface area (Å²) in [5, 5.41) is 1.85. The number of thiophene rings is 1. The monoisotopic (exact) mass is 438 g/mol. The summed E-state index contributed by atoms with van der Waals surface area (Å²) in [5.41, 5.74) is 1.74. The van der Waals surface area contributed by atoms with Gasteiger partial charge in [-0.1, -0.05) is 30.3 Å². The Morgan fingerprint density at radius 1 is 1.00 bits per heavy atom. The molecule has 4 rings (SSSR count). The molecule has 0 saturated carbocycles. The molecule has 1 fully saturated rings. The number of carbonyl (C=O) groups excluding carboxylic acids is 2. The first kappa shape index (κ1) is 21.2. The molecule has 1 aliphatic rings. The zero-order valence-electron chi connectivity index (χ0n) is 17.2.